The van der Waals surface area contributed by atoms with Gasteiger partial charge >= 0.3 is 0 Å². The third kappa shape index (κ3) is 5.53. The smallest absolute Gasteiger partial charge is 0.271 e. The lowest BCUT2D eigenvalue weighted by Gasteiger charge is -2.08. The third-order valence-electron chi connectivity index (χ3n) is 3.45. The Balaban J connectivity index is 1.79. The highest BCUT2D eigenvalue weighted by Gasteiger charge is 2.08. The van der Waals surface area contributed by atoms with Crippen molar-refractivity contribution in [2.75, 3.05) is 25.5 Å². The largest absolute Gasteiger partial charge is 0.497 e. The van der Waals surface area contributed by atoms with Gasteiger partial charge in [-0.1, -0.05) is 26.0 Å². The number of anilines is 1. The molecule has 6 nitrogen and oxygen atoms in total. The fourth-order valence-corrected chi connectivity index (χ4v) is 2.06. The number of hydrogen-bond acceptors (Lipinski definition) is 5. The highest BCUT2D eigenvalue weighted by atomic mass is 16.5. The minimum atomic E-state index is -0.216. The van der Waals surface area contributed by atoms with Gasteiger partial charge in [-0.2, -0.15) is 0 Å². The lowest BCUT2D eigenvalue weighted by atomic mass is 10.1. The van der Waals surface area contributed by atoms with Gasteiger partial charge in [0.2, 0.25) is 0 Å². The van der Waals surface area contributed by atoms with E-state index in [2.05, 4.69) is 34.7 Å². The van der Waals surface area contributed by atoms with Gasteiger partial charge in [-0.25, -0.2) is 0 Å². The molecule has 24 heavy (non-hydrogen) atoms. The molecule has 128 valence electrons. The highest BCUT2D eigenvalue weighted by molar-refractivity contribution is 5.92. The molecule has 0 bridgehead atoms. The Morgan fingerprint density at radius 2 is 1.88 bits per heavy atom. The predicted molar refractivity (Wildman–Crippen MR) is 94.4 cm³/mol. The minimum absolute atomic E-state index is 0.216. The summed E-state index contributed by atoms with van der Waals surface area (Å²) in [5, 5.41) is 14.0. The van der Waals surface area contributed by atoms with E-state index in [1.807, 2.05) is 24.3 Å². The number of benzene rings is 1. The Morgan fingerprint density at radius 3 is 2.46 bits per heavy atom. The molecule has 0 unspecified atom stereocenters. The van der Waals surface area contributed by atoms with E-state index in [-0.39, 0.29) is 5.91 Å². The maximum Gasteiger partial charge on any atom is 0.271 e. The van der Waals surface area contributed by atoms with Gasteiger partial charge in [0.25, 0.3) is 5.91 Å². The van der Waals surface area contributed by atoms with E-state index in [9.17, 15) is 4.79 Å². The first-order chi connectivity index (χ1) is 11.6. The quantitative estimate of drug-likeness (QED) is 0.779. The van der Waals surface area contributed by atoms with Crippen molar-refractivity contribution in [1.29, 1.82) is 0 Å². The first kappa shape index (κ1) is 17.7. The van der Waals surface area contributed by atoms with Crippen molar-refractivity contribution in [2.45, 2.75) is 20.3 Å². The lowest BCUT2D eigenvalue weighted by molar-refractivity contribution is 0.0948. The first-order valence-corrected chi connectivity index (χ1v) is 8.07. The molecule has 2 aromatic rings. The van der Waals surface area contributed by atoms with Gasteiger partial charge in [0.1, 0.15) is 11.6 Å². The standard InChI is InChI=1S/C18H24N4O2/c1-13(2)12-20-17-9-8-16(21-22-17)18(23)19-11-10-14-4-6-15(24-3)7-5-14/h4-9,13H,10-12H2,1-3H3,(H,19,23)(H,20,22). The molecule has 0 aliphatic heterocycles. The zero-order valence-corrected chi connectivity index (χ0v) is 14.4. The molecule has 1 aromatic carbocycles. The summed E-state index contributed by atoms with van der Waals surface area (Å²) in [5.74, 6) is 1.81. The maximum absolute atomic E-state index is 12.1. The topological polar surface area (TPSA) is 76.1 Å². The summed E-state index contributed by atoms with van der Waals surface area (Å²) in [6, 6.07) is 11.2. The third-order valence-corrected chi connectivity index (χ3v) is 3.45. The summed E-state index contributed by atoms with van der Waals surface area (Å²) >= 11 is 0. The van der Waals surface area contributed by atoms with Crippen LogP contribution in [0.4, 0.5) is 5.82 Å². The number of hydrogen-bond donors (Lipinski definition) is 2. The van der Waals surface area contributed by atoms with Crippen molar-refractivity contribution < 1.29 is 9.53 Å². The van der Waals surface area contributed by atoms with Crippen molar-refractivity contribution in [1.82, 2.24) is 15.5 Å². The summed E-state index contributed by atoms with van der Waals surface area (Å²) in [7, 11) is 1.64. The summed E-state index contributed by atoms with van der Waals surface area (Å²) in [6.45, 7) is 5.60. The summed E-state index contributed by atoms with van der Waals surface area (Å²) < 4.78 is 5.12. The van der Waals surface area contributed by atoms with Gasteiger partial charge in [-0.15, -0.1) is 10.2 Å². The number of carbonyl (C=O) groups excluding carboxylic acids is 1. The van der Waals surface area contributed by atoms with E-state index in [1.54, 1.807) is 19.2 Å². The molecule has 0 radical (unpaired) electrons. The maximum atomic E-state index is 12.1. The highest BCUT2D eigenvalue weighted by Crippen LogP contribution is 2.11. The average molecular weight is 328 g/mol. The number of carbonyl (C=O) groups is 1. The van der Waals surface area contributed by atoms with E-state index in [1.165, 1.54) is 0 Å². The minimum Gasteiger partial charge on any atom is -0.497 e. The van der Waals surface area contributed by atoms with Crippen molar-refractivity contribution in [3.05, 3.63) is 47.7 Å². The summed E-state index contributed by atoms with van der Waals surface area (Å²) in [5.41, 5.74) is 1.45. The number of aromatic nitrogens is 2. The monoisotopic (exact) mass is 328 g/mol. The van der Waals surface area contributed by atoms with E-state index < -0.39 is 0 Å². The van der Waals surface area contributed by atoms with Crippen LogP contribution in [0.1, 0.15) is 29.9 Å². The number of methoxy groups -OCH3 is 1. The van der Waals surface area contributed by atoms with Gasteiger partial charge in [-0.3, -0.25) is 4.79 Å². The van der Waals surface area contributed by atoms with Crippen LogP contribution < -0.4 is 15.4 Å². The van der Waals surface area contributed by atoms with Crippen molar-refractivity contribution in [2.24, 2.45) is 5.92 Å². The molecule has 1 amide bonds. The molecule has 1 aromatic heterocycles. The van der Waals surface area contributed by atoms with E-state index in [0.29, 0.717) is 24.0 Å². The van der Waals surface area contributed by atoms with Crippen LogP contribution in [0.3, 0.4) is 0 Å². The van der Waals surface area contributed by atoms with Crippen LogP contribution in [-0.4, -0.2) is 36.3 Å². The van der Waals surface area contributed by atoms with Crippen LogP contribution in [0.15, 0.2) is 36.4 Å². The summed E-state index contributed by atoms with van der Waals surface area (Å²) in [6.07, 6.45) is 0.747. The second-order valence-electron chi connectivity index (χ2n) is 5.93. The molecule has 0 atom stereocenters. The number of ether oxygens (including phenoxy) is 1. The Morgan fingerprint density at radius 1 is 1.12 bits per heavy atom. The molecular formula is C18H24N4O2. The van der Waals surface area contributed by atoms with Crippen molar-refractivity contribution in [3.63, 3.8) is 0 Å². The second-order valence-corrected chi connectivity index (χ2v) is 5.93. The van der Waals surface area contributed by atoms with Crippen LogP contribution >= 0.6 is 0 Å². The fraction of sp³-hybridized carbons (Fsp3) is 0.389. The Bertz CT molecular complexity index is 639. The molecule has 2 N–H and O–H groups in total. The van der Waals surface area contributed by atoms with Crippen molar-refractivity contribution >= 4 is 11.7 Å². The van der Waals surface area contributed by atoms with Crippen LogP contribution in [-0.2, 0) is 6.42 Å². The van der Waals surface area contributed by atoms with Gasteiger partial charge in [0.05, 0.1) is 7.11 Å². The molecule has 2 rings (SSSR count). The van der Waals surface area contributed by atoms with E-state index in [0.717, 1.165) is 24.3 Å². The molecule has 0 aliphatic carbocycles. The molecule has 0 fully saturated rings. The van der Waals surface area contributed by atoms with Crippen LogP contribution in [0.2, 0.25) is 0 Å². The average Bonchev–Trinajstić information content (AvgIpc) is 2.61. The molecule has 0 spiro atoms. The van der Waals surface area contributed by atoms with Gasteiger partial charge in [0.15, 0.2) is 5.69 Å². The van der Waals surface area contributed by atoms with Gasteiger partial charge in [-0.05, 0) is 42.2 Å². The van der Waals surface area contributed by atoms with Gasteiger partial charge in [0, 0.05) is 13.1 Å². The Hall–Kier alpha value is -2.63. The first-order valence-electron chi connectivity index (χ1n) is 8.07. The molecule has 0 saturated carbocycles. The van der Waals surface area contributed by atoms with Gasteiger partial charge < -0.3 is 15.4 Å². The number of rotatable bonds is 8. The molecular weight excluding hydrogens is 304 g/mol. The number of nitrogens with one attached hydrogen (secondary N) is 2. The predicted octanol–water partition coefficient (Wildman–Crippen LogP) is 2.53. The molecule has 6 heteroatoms. The lowest BCUT2D eigenvalue weighted by Crippen LogP contribution is -2.26. The van der Waals surface area contributed by atoms with Crippen LogP contribution in [0.5, 0.6) is 5.75 Å². The fourth-order valence-electron chi connectivity index (χ4n) is 2.06. The van der Waals surface area contributed by atoms with Crippen LogP contribution in [0, 0.1) is 5.92 Å². The second kappa shape index (κ2) is 8.86. The van der Waals surface area contributed by atoms with E-state index >= 15 is 0 Å². The molecule has 0 saturated heterocycles. The Labute approximate surface area is 142 Å². The zero-order valence-electron chi connectivity index (χ0n) is 14.4. The zero-order chi connectivity index (χ0) is 17.4. The number of amides is 1. The SMILES string of the molecule is COc1ccc(CCNC(=O)c2ccc(NCC(C)C)nn2)cc1. The Kier molecular flexibility index (Phi) is 6.54. The van der Waals surface area contributed by atoms with E-state index in [4.69, 9.17) is 4.74 Å². The van der Waals surface area contributed by atoms with Crippen molar-refractivity contribution in [3.8, 4) is 5.75 Å². The van der Waals surface area contributed by atoms with Crippen LogP contribution in [0.25, 0.3) is 0 Å². The summed E-state index contributed by atoms with van der Waals surface area (Å²) in [4.78, 5) is 12.1. The normalized spacial score (nSPS) is 10.5. The molecule has 0 aliphatic rings. The molecule has 1 heterocycles. The number of nitrogens with zero attached hydrogens (tertiary/aromatic N) is 2.